The van der Waals surface area contributed by atoms with Crippen LogP contribution in [0.5, 0.6) is 0 Å². The molecule has 0 aromatic rings. The summed E-state index contributed by atoms with van der Waals surface area (Å²) in [7, 11) is 0. The highest BCUT2D eigenvalue weighted by Gasteiger charge is 2.29. The highest BCUT2D eigenvalue weighted by atomic mass is 15.2. The van der Waals surface area contributed by atoms with E-state index in [1.807, 2.05) is 0 Å². The summed E-state index contributed by atoms with van der Waals surface area (Å²) in [5, 5.41) is 3.71. The van der Waals surface area contributed by atoms with Gasteiger partial charge in [0.2, 0.25) is 0 Å². The van der Waals surface area contributed by atoms with E-state index in [9.17, 15) is 0 Å². The molecule has 1 saturated heterocycles. The summed E-state index contributed by atoms with van der Waals surface area (Å²) in [5.41, 5.74) is 0. The molecule has 2 heteroatoms. The SMILES string of the molecule is CCC1CNC(C(C)C)CN1CCC1CC1. The van der Waals surface area contributed by atoms with Gasteiger partial charge in [-0.05, 0) is 31.2 Å². The van der Waals surface area contributed by atoms with E-state index in [0.717, 1.165) is 17.9 Å². The summed E-state index contributed by atoms with van der Waals surface area (Å²) in [6.45, 7) is 10.8. The zero-order chi connectivity index (χ0) is 11.5. The van der Waals surface area contributed by atoms with Crippen LogP contribution in [0, 0.1) is 11.8 Å². The van der Waals surface area contributed by atoms with Crippen molar-refractivity contribution in [2.45, 2.75) is 58.5 Å². The summed E-state index contributed by atoms with van der Waals surface area (Å²) in [4.78, 5) is 2.75. The first kappa shape index (κ1) is 12.4. The van der Waals surface area contributed by atoms with Gasteiger partial charge in [-0.3, -0.25) is 4.90 Å². The van der Waals surface area contributed by atoms with Crippen molar-refractivity contribution in [2.24, 2.45) is 11.8 Å². The fourth-order valence-electron chi connectivity index (χ4n) is 2.76. The van der Waals surface area contributed by atoms with E-state index < -0.39 is 0 Å². The van der Waals surface area contributed by atoms with Crippen LogP contribution in [0.25, 0.3) is 0 Å². The quantitative estimate of drug-likeness (QED) is 0.772. The first-order valence-corrected chi connectivity index (χ1v) is 7.18. The first-order chi connectivity index (χ1) is 7.70. The Bertz CT molecular complexity index is 211. The van der Waals surface area contributed by atoms with Crippen molar-refractivity contribution >= 4 is 0 Å². The normalized spacial score (nSPS) is 32.2. The Hall–Kier alpha value is -0.0800. The number of rotatable bonds is 5. The molecule has 1 heterocycles. The molecule has 0 spiro atoms. The monoisotopic (exact) mass is 224 g/mol. The van der Waals surface area contributed by atoms with Crippen LogP contribution in [0.4, 0.5) is 0 Å². The second-order valence-electron chi connectivity index (χ2n) is 6.05. The summed E-state index contributed by atoms with van der Waals surface area (Å²) < 4.78 is 0. The fourth-order valence-corrected chi connectivity index (χ4v) is 2.76. The maximum absolute atomic E-state index is 3.71. The van der Waals surface area contributed by atoms with Gasteiger partial charge >= 0.3 is 0 Å². The van der Waals surface area contributed by atoms with Crippen LogP contribution in [0.2, 0.25) is 0 Å². The van der Waals surface area contributed by atoms with Gasteiger partial charge < -0.3 is 5.32 Å². The van der Waals surface area contributed by atoms with E-state index in [1.165, 1.54) is 45.3 Å². The van der Waals surface area contributed by atoms with Crippen molar-refractivity contribution in [3.63, 3.8) is 0 Å². The number of nitrogens with one attached hydrogen (secondary N) is 1. The van der Waals surface area contributed by atoms with Crippen molar-refractivity contribution in [3.8, 4) is 0 Å². The van der Waals surface area contributed by atoms with E-state index in [-0.39, 0.29) is 0 Å². The van der Waals surface area contributed by atoms with Gasteiger partial charge in [0.25, 0.3) is 0 Å². The lowest BCUT2D eigenvalue weighted by atomic mass is 9.98. The minimum absolute atomic E-state index is 0.710. The van der Waals surface area contributed by atoms with Crippen LogP contribution in [0.3, 0.4) is 0 Å². The Morgan fingerprint density at radius 1 is 1.31 bits per heavy atom. The molecule has 0 radical (unpaired) electrons. The molecule has 1 saturated carbocycles. The van der Waals surface area contributed by atoms with E-state index in [2.05, 4.69) is 31.0 Å². The zero-order valence-corrected chi connectivity index (χ0v) is 11.2. The average molecular weight is 224 g/mol. The Kier molecular flexibility index (Phi) is 4.26. The van der Waals surface area contributed by atoms with Crippen LogP contribution in [-0.2, 0) is 0 Å². The second kappa shape index (κ2) is 5.50. The predicted molar refractivity (Wildman–Crippen MR) is 69.6 cm³/mol. The molecule has 1 aliphatic heterocycles. The summed E-state index contributed by atoms with van der Waals surface area (Å²) in [6, 6.07) is 1.50. The van der Waals surface area contributed by atoms with Crippen LogP contribution in [0.1, 0.15) is 46.5 Å². The molecule has 0 aromatic carbocycles. The molecule has 1 aliphatic carbocycles. The van der Waals surface area contributed by atoms with Crippen LogP contribution >= 0.6 is 0 Å². The molecule has 0 bridgehead atoms. The number of piperazine rings is 1. The van der Waals surface area contributed by atoms with E-state index in [4.69, 9.17) is 0 Å². The van der Waals surface area contributed by atoms with E-state index in [1.54, 1.807) is 0 Å². The fraction of sp³-hybridized carbons (Fsp3) is 1.00. The molecule has 2 atom stereocenters. The van der Waals surface area contributed by atoms with Gasteiger partial charge in [-0.2, -0.15) is 0 Å². The third-order valence-corrected chi connectivity index (χ3v) is 4.36. The van der Waals surface area contributed by atoms with Gasteiger partial charge in [-0.15, -0.1) is 0 Å². The largest absolute Gasteiger partial charge is 0.311 e. The van der Waals surface area contributed by atoms with Gasteiger partial charge in [-0.1, -0.05) is 33.6 Å². The molecule has 94 valence electrons. The molecule has 2 nitrogen and oxygen atoms in total. The van der Waals surface area contributed by atoms with Crippen molar-refractivity contribution in [2.75, 3.05) is 19.6 Å². The minimum atomic E-state index is 0.710. The molecular weight excluding hydrogens is 196 g/mol. The highest BCUT2D eigenvalue weighted by Crippen LogP contribution is 2.33. The third kappa shape index (κ3) is 3.21. The maximum Gasteiger partial charge on any atom is 0.0218 e. The Labute approximate surface area is 101 Å². The molecule has 1 N–H and O–H groups in total. The van der Waals surface area contributed by atoms with Crippen LogP contribution in [-0.4, -0.2) is 36.6 Å². The van der Waals surface area contributed by atoms with Gasteiger partial charge in [0.1, 0.15) is 0 Å². The van der Waals surface area contributed by atoms with E-state index >= 15 is 0 Å². The van der Waals surface area contributed by atoms with Gasteiger partial charge in [0, 0.05) is 25.2 Å². The highest BCUT2D eigenvalue weighted by molar-refractivity contribution is 4.88. The lowest BCUT2D eigenvalue weighted by molar-refractivity contribution is 0.107. The Morgan fingerprint density at radius 2 is 2.06 bits per heavy atom. The average Bonchev–Trinajstić information content (AvgIpc) is 3.09. The lowest BCUT2D eigenvalue weighted by Gasteiger charge is -2.41. The van der Waals surface area contributed by atoms with Crippen LogP contribution < -0.4 is 5.32 Å². The molecule has 16 heavy (non-hydrogen) atoms. The van der Waals surface area contributed by atoms with Crippen molar-refractivity contribution in [3.05, 3.63) is 0 Å². The second-order valence-corrected chi connectivity index (χ2v) is 6.05. The van der Waals surface area contributed by atoms with Crippen molar-refractivity contribution < 1.29 is 0 Å². The number of hydrogen-bond donors (Lipinski definition) is 1. The Balaban J connectivity index is 1.82. The number of nitrogens with zero attached hydrogens (tertiary/aromatic N) is 1. The minimum Gasteiger partial charge on any atom is -0.311 e. The number of hydrogen-bond acceptors (Lipinski definition) is 2. The van der Waals surface area contributed by atoms with Crippen molar-refractivity contribution in [1.82, 2.24) is 10.2 Å². The summed E-state index contributed by atoms with van der Waals surface area (Å²) in [5.74, 6) is 1.84. The van der Waals surface area contributed by atoms with Gasteiger partial charge in [0.05, 0.1) is 0 Å². The van der Waals surface area contributed by atoms with Crippen molar-refractivity contribution in [1.29, 1.82) is 0 Å². The zero-order valence-electron chi connectivity index (χ0n) is 11.2. The van der Waals surface area contributed by atoms with E-state index in [0.29, 0.717) is 6.04 Å². The molecular formula is C14H28N2. The molecule has 0 amide bonds. The van der Waals surface area contributed by atoms with Gasteiger partial charge in [0.15, 0.2) is 0 Å². The molecule has 2 fully saturated rings. The maximum atomic E-state index is 3.71. The molecule has 0 aromatic heterocycles. The molecule has 2 unspecified atom stereocenters. The Morgan fingerprint density at radius 3 is 2.62 bits per heavy atom. The smallest absolute Gasteiger partial charge is 0.0218 e. The first-order valence-electron chi connectivity index (χ1n) is 7.18. The third-order valence-electron chi connectivity index (χ3n) is 4.36. The summed E-state index contributed by atoms with van der Waals surface area (Å²) >= 11 is 0. The molecule has 2 aliphatic rings. The van der Waals surface area contributed by atoms with Crippen LogP contribution in [0.15, 0.2) is 0 Å². The standard InChI is InChI=1S/C14H28N2/c1-4-13-9-15-14(11(2)3)10-16(13)8-7-12-5-6-12/h11-15H,4-10H2,1-3H3. The lowest BCUT2D eigenvalue weighted by Crippen LogP contribution is -2.58. The van der Waals surface area contributed by atoms with Gasteiger partial charge in [-0.25, -0.2) is 0 Å². The topological polar surface area (TPSA) is 15.3 Å². The molecule has 2 rings (SSSR count). The summed E-state index contributed by atoms with van der Waals surface area (Å²) in [6.07, 6.45) is 5.73. The predicted octanol–water partition coefficient (Wildman–Crippen LogP) is 2.49.